The summed E-state index contributed by atoms with van der Waals surface area (Å²) >= 11 is -2.20. The number of allylic oxidation sites excluding steroid dienone is 1. The zero-order valence-electron chi connectivity index (χ0n) is 21.4. The summed E-state index contributed by atoms with van der Waals surface area (Å²) in [5, 5.41) is 0. The van der Waals surface area contributed by atoms with E-state index in [0.717, 1.165) is 12.8 Å². The van der Waals surface area contributed by atoms with Gasteiger partial charge in [-0.25, -0.2) is 0 Å². The summed E-state index contributed by atoms with van der Waals surface area (Å²) in [6.45, 7) is 18.6. The Morgan fingerprint density at radius 2 is 1.28 bits per heavy atom. The molecule has 0 aliphatic heterocycles. The number of rotatable bonds is 18. The first-order valence-corrected chi connectivity index (χ1v) is 23.8. The van der Waals surface area contributed by atoms with E-state index in [9.17, 15) is 0 Å². The van der Waals surface area contributed by atoms with Crippen LogP contribution in [0.4, 0.5) is 0 Å². The minimum absolute atomic E-state index is 0.0798. The van der Waals surface area contributed by atoms with Gasteiger partial charge >= 0.3 is 191 Å². The second-order valence-electron chi connectivity index (χ2n) is 10.2. The molecule has 0 saturated carbocycles. The summed E-state index contributed by atoms with van der Waals surface area (Å²) < 4.78 is 14.4. The van der Waals surface area contributed by atoms with Crippen LogP contribution in [0.15, 0.2) is 22.3 Å². The maximum absolute atomic E-state index is 6.85. The first-order chi connectivity index (χ1) is 13.7. The van der Waals surface area contributed by atoms with Crippen LogP contribution < -0.4 is 0 Å². The van der Waals surface area contributed by atoms with E-state index in [1.807, 2.05) is 0 Å². The van der Waals surface area contributed by atoms with E-state index in [4.69, 9.17) is 4.43 Å². The van der Waals surface area contributed by atoms with E-state index in [1.165, 1.54) is 51.4 Å². The van der Waals surface area contributed by atoms with Gasteiger partial charge < -0.3 is 0 Å². The van der Waals surface area contributed by atoms with Crippen molar-refractivity contribution in [2.75, 3.05) is 0 Å². The Morgan fingerprint density at radius 3 is 1.66 bits per heavy atom. The van der Waals surface area contributed by atoms with Crippen molar-refractivity contribution in [2.24, 2.45) is 0 Å². The van der Waals surface area contributed by atoms with Gasteiger partial charge in [0.05, 0.1) is 0 Å². The van der Waals surface area contributed by atoms with Crippen molar-refractivity contribution in [3.8, 4) is 0 Å². The van der Waals surface area contributed by atoms with E-state index < -0.39 is 26.7 Å². The fourth-order valence-electron chi connectivity index (χ4n) is 4.49. The average molecular weight is 530 g/mol. The summed E-state index contributed by atoms with van der Waals surface area (Å²) in [5.74, 6) is 0. The molecule has 0 rings (SSSR count). The Labute approximate surface area is 190 Å². The van der Waals surface area contributed by atoms with Crippen molar-refractivity contribution in [1.82, 2.24) is 0 Å². The summed E-state index contributed by atoms with van der Waals surface area (Å²) in [4.78, 5) is 0. The quantitative estimate of drug-likeness (QED) is 0.127. The Hall–Kier alpha value is 0.456. The van der Waals surface area contributed by atoms with Gasteiger partial charge in [-0.2, -0.15) is 0 Å². The Balaban J connectivity index is 5.68. The summed E-state index contributed by atoms with van der Waals surface area (Å²) in [5.41, 5.74) is -0.0798. The molecular weight excluding hydrogens is 475 g/mol. The van der Waals surface area contributed by atoms with Crippen molar-refractivity contribution in [3.63, 3.8) is 0 Å². The van der Waals surface area contributed by atoms with Crippen LogP contribution in [0, 0.1) is 0 Å². The van der Waals surface area contributed by atoms with E-state index in [1.54, 1.807) is 13.3 Å². The molecule has 0 aliphatic rings. The summed E-state index contributed by atoms with van der Waals surface area (Å²) in [6.07, 6.45) is 20.3. The average Bonchev–Trinajstić information content (AvgIpc) is 2.66. The van der Waals surface area contributed by atoms with Gasteiger partial charge in [-0.15, -0.1) is 0 Å². The second kappa shape index (κ2) is 16.1. The second-order valence-corrected chi connectivity index (χ2v) is 27.6. The van der Waals surface area contributed by atoms with Gasteiger partial charge in [-0.1, -0.05) is 0 Å². The van der Waals surface area contributed by atoms with Gasteiger partial charge in [0.1, 0.15) is 0 Å². The zero-order valence-corrected chi connectivity index (χ0v) is 25.3. The van der Waals surface area contributed by atoms with Gasteiger partial charge in [-0.05, 0) is 0 Å². The third kappa shape index (κ3) is 13.5. The zero-order chi connectivity index (χ0) is 22.2. The molecule has 172 valence electrons. The van der Waals surface area contributed by atoms with Crippen molar-refractivity contribution >= 4 is 26.7 Å². The molecule has 3 heteroatoms. The first kappa shape index (κ1) is 29.5. The van der Waals surface area contributed by atoms with Crippen molar-refractivity contribution in [1.29, 1.82) is 0 Å². The van der Waals surface area contributed by atoms with Crippen LogP contribution in [0.25, 0.3) is 0 Å². The Kier molecular flexibility index (Phi) is 16.4. The van der Waals surface area contributed by atoms with Crippen molar-refractivity contribution < 1.29 is 4.43 Å². The van der Waals surface area contributed by atoms with Gasteiger partial charge in [0.2, 0.25) is 0 Å². The molecule has 1 atom stereocenters. The molecule has 29 heavy (non-hydrogen) atoms. The molecule has 0 saturated heterocycles. The van der Waals surface area contributed by atoms with E-state index in [2.05, 4.69) is 76.6 Å². The van der Waals surface area contributed by atoms with Crippen LogP contribution in [-0.2, 0) is 4.43 Å². The van der Waals surface area contributed by atoms with Crippen LogP contribution in [0.5, 0.6) is 0 Å². The van der Waals surface area contributed by atoms with Gasteiger partial charge in [-0.3, -0.25) is 0 Å². The van der Waals surface area contributed by atoms with Crippen LogP contribution in [0.2, 0.25) is 33.0 Å². The SMILES string of the molecule is CC=CC(C/C=[CH]/[Sn]([CH2]CCC)([CH2]CCC)[CH2]CCC)(CCCC)O[Si](C)(C)C. The third-order valence-electron chi connectivity index (χ3n) is 5.95. The molecule has 1 nitrogen and oxygen atoms in total. The number of unbranched alkanes of at least 4 members (excludes halogenated alkanes) is 4. The molecule has 0 N–H and O–H groups in total. The van der Waals surface area contributed by atoms with Gasteiger partial charge in [0, 0.05) is 0 Å². The predicted octanol–water partition coefficient (Wildman–Crippen LogP) is 9.68. The molecule has 0 spiro atoms. The summed E-state index contributed by atoms with van der Waals surface area (Å²) in [7, 11) is -1.61. The van der Waals surface area contributed by atoms with Crippen LogP contribution >= 0.6 is 0 Å². The fraction of sp³-hybridized carbons (Fsp3) is 0.846. The molecule has 0 aliphatic carbocycles. The molecule has 1 unspecified atom stereocenters. The van der Waals surface area contributed by atoms with Gasteiger partial charge in [0.15, 0.2) is 0 Å². The molecule has 0 aromatic heterocycles. The van der Waals surface area contributed by atoms with E-state index >= 15 is 0 Å². The van der Waals surface area contributed by atoms with Crippen molar-refractivity contribution in [2.45, 2.75) is 137 Å². The molecule has 0 fully saturated rings. The number of hydrogen-bond donors (Lipinski definition) is 0. The standard InChI is InChI=1S/C14H27OSi.3C4H9.Sn/c1-7-10-13-14(11-8-2,12-9-3)15-16(4,5)6;3*1-3-4-2;/h2,8-9,12H,7,10-11,13H2,1,3-6H3;3*1,3-4H2,2H3;. The normalized spacial score (nSPS) is 15.4. The van der Waals surface area contributed by atoms with Crippen LogP contribution in [-0.4, -0.2) is 32.3 Å². The first-order valence-electron chi connectivity index (χ1n) is 12.7. The van der Waals surface area contributed by atoms with Gasteiger partial charge in [0.25, 0.3) is 0 Å². The maximum atomic E-state index is 6.85. The molecule has 0 aromatic carbocycles. The molecule has 0 amide bonds. The number of hydrogen-bond acceptors (Lipinski definition) is 1. The third-order valence-corrected chi connectivity index (χ3v) is 21.2. The van der Waals surface area contributed by atoms with Crippen molar-refractivity contribution in [3.05, 3.63) is 22.3 Å². The van der Waals surface area contributed by atoms with E-state index in [-0.39, 0.29) is 5.60 Å². The van der Waals surface area contributed by atoms with E-state index in [0.29, 0.717) is 0 Å². The fourth-order valence-corrected chi connectivity index (χ4v) is 20.3. The minimum atomic E-state index is -2.20. The summed E-state index contributed by atoms with van der Waals surface area (Å²) in [6, 6.07) is 0. The topological polar surface area (TPSA) is 9.23 Å². The predicted molar refractivity (Wildman–Crippen MR) is 140 cm³/mol. The monoisotopic (exact) mass is 530 g/mol. The molecule has 0 aromatic rings. The molecule has 0 heterocycles. The Bertz CT molecular complexity index is 430. The van der Waals surface area contributed by atoms with Crippen LogP contribution in [0.3, 0.4) is 0 Å². The molecular formula is C26H54OSiSn. The molecule has 0 bridgehead atoms. The Morgan fingerprint density at radius 1 is 0.793 bits per heavy atom. The van der Waals surface area contributed by atoms with Crippen LogP contribution in [0.1, 0.15) is 98.8 Å². The molecule has 0 radical (unpaired) electrons.